The smallest absolute Gasteiger partial charge is 0.168 e. The van der Waals surface area contributed by atoms with Crippen molar-refractivity contribution >= 4 is 22.9 Å². The SMILES string of the molecule is O=[SH](=O)c1ccccc1/C=C\c1ccc(-c2c[c]ccc2)cc1. The van der Waals surface area contributed by atoms with Gasteiger partial charge in [-0.15, -0.1) is 0 Å². The molecule has 0 aliphatic rings. The Hall–Kier alpha value is -2.65. The third kappa shape index (κ3) is 3.76. The summed E-state index contributed by atoms with van der Waals surface area (Å²) in [6, 6.07) is 26.0. The van der Waals surface area contributed by atoms with Crippen LogP contribution in [0.25, 0.3) is 23.3 Å². The van der Waals surface area contributed by atoms with E-state index in [1.165, 1.54) is 0 Å². The van der Waals surface area contributed by atoms with Crippen molar-refractivity contribution in [3.63, 3.8) is 0 Å². The lowest BCUT2D eigenvalue weighted by Crippen LogP contribution is -1.85. The Labute approximate surface area is 137 Å². The van der Waals surface area contributed by atoms with Gasteiger partial charge in [-0.2, -0.15) is 0 Å². The summed E-state index contributed by atoms with van der Waals surface area (Å²) in [5.41, 5.74) is 3.97. The van der Waals surface area contributed by atoms with Crippen molar-refractivity contribution in [1.82, 2.24) is 0 Å². The maximum Gasteiger partial charge on any atom is 0.168 e. The average Bonchev–Trinajstić information content (AvgIpc) is 2.61. The van der Waals surface area contributed by atoms with Gasteiger partial charge in [-0.25, -0.2) is 8.42 Å². The van der Waals surface area contributed by atoms with Crippen LogP contribution in [0.3, 0.4) is 0 Å². The Morgan fingerprint density at radius 1 is 0.783 bits per heavy atom. The molecule has 0 unspecified atom stereocenters. The highest BCUT2D eigenvalue weighted by atomic mass is 32.2. The van der Waals surface area contributed by atoms with Gasteiger partial charge < -0.3 is 0 Å². The minimum atomic E-state index is -2.59. The monoisotopic (exact) mass is 319 g/mol. The molecule has 0 amide bonds. The van der Waals surface area contributed by atoms with Crippen molar-refractivity contribution in [2.24, 2.45) is 0 Å². The summed E-state index contributed by atoms with van der Waals surface area (Å²) < 4.78 is 22.5. The van der Waals surface area contributed by atoms with Gasteiger partial charge >= 0.3 is 0 Å². The standard InChI is InChI=1S/C20H15O2S/c21-23(22)20-9-5-4-8-19(20)15-12-16-10-13-18(14-11-16)17-6-2-1-3-7-17/h1-2,4-15,23H/b15-12-. The third-order valence-corrected chi connectivity index (χ3v) is 4.34. The first kappa shape index (κ1) is 15.3. The zero-order valence-corrected chi connectivity index (χ0v) is 13.2. The molecule has 0 saturated carbocycles. The molecule has 0 N–H and O–H groups in total. The molecular formula is C20H15O2S. The number of hydrogen-bond acceptors (Lipinski definition) is 2. The van der Waals surface area contributed by atoms with Crippen LogP contribution >= 0.6 is 0 Å². The summed E-state index contributed by atoms with van der Waals surface area (Å²) in [6.45, 7) is 0. The fourth-order valence-electron chi connectivity index (χ4n) is 2.34. The van der Waals surface area contributed by atoms with E-state index in [1.54, 1.807) is 18.2 Å². The van der Waals surface area contributed by atoms with Crippen molar-refractivity contribution in [3.05, 3.63) is 90.0 Å². The van der Waals surface area contributed by atoms with Crippen LogP contribution in [0.1, 0.15) is 11.1 Å². The lowest BCUT2D eigenvalue weighted by Gasteiger charge is -2.02. The first-order valence-corrected chi connectivity index (χ1v) is 8.40. The second kappa shape index (κ2) is 7.07. The Kier molecular flexibility index (Phi) is 4.69. The zero-order chi connectivity index (χ0) is 16.1. The second-order valence-electron chi connectivity index (χ2n) is 5.06. The predicted octanol–water partition coefficient (Wildman–Crippen LogP) is 4.29. The van der Waals surface area contributed by atoms with E-state index < -0.39 is 10.7 Å². The van der Waals surface area contributed by atoms with Crippen LogP contribution in [0.5, 0.6) is 0 Å². The van der Waals surface area contributed by atoms with Crippen LogP contribution in [0.15, 0.2) is 77.7 Å². The average molecular weight is 319 g/mol. The summed E-state index contributed by atoms with van der Waals surface area (Å²) in [4.78, 5) is 0.343. The van der Waals surface area contributed by atoms with Gasteiger partial charge in [-0.3, -0.25) is 0 Å². The first-order valence-electron chi connectivity index (χ1n) is 7.22. The van der Waals surface area contributed by atoms with Gasteiger partial charge in [0.15, 0.2) is 10.7 Å². The van der Waals surface area contributed by atoms with E-state index in [4.69, 9.17) is 0 Å². The maximum absolute atomic E-state index is 11.2. The summed E-state index contributed by atoms with van der Waals surface area (Å²) in [6.07, 6.45) is 3.74. The highest BCUT2D eigenvalue weighted by molar-refractivity contribution is 7.72. The highest BCUT2D eigenvalue weighted by Crippen LogP contribution is 2.20. The van der Waals surface area contributed by atoms with E-state index >= 15 is 0 Å². The molecule has 3 heteroatoms. The van der Waals surface area contributed by atoms with Crippen LogP contribution < -0.4 is 0 Å². The fraction of sp³-hybridized carbons (Fsp3) is 0. The second-order valence-corrected chi connectivity index (χ2v) is 6.06. The number of thiol groups is 1. The molecule has 0 saturated heterocycles. The molecule has 1 radical (unpaired) electrons. The molecule has 3 rings (SSSR count). The summed E-state index contributed by atoms with van der Waals surface area (Å²) in [5, 5.41) is 0. The Morgan fingerprint density at radius 2 is 1.57 bits per heavy atom. The zero-order valence-electron chi connectivity index (χ0n) is 12.3. The molecule has 0 fully saturated rings. The lowest BCUT2D eigenvalue weighted by molar-refractivity contribution is 0.614. The van der Waals surface area contributed by atoms with E-state index in [9.17, 15) is 8.42 Å². The van der Waals surface area contributed by atoms with Gasteiger partial charge in [0.1, 0.15) is 0 Å². The summed E-state index contributed by atoms with van der Waals surface area (Å²) >= 11 is 0. The third-order valence-electron chi connectivity index (χ3n) is 3.54. The van der Waals surface area contributed by atoms with Crippen LogP contribution in [0, 0.1) is 6.07 Å². The van der Waals surface area contributed by atoms with Crippen molar-refractivity contribution in [2.45, 2.75) is 4.90 Å². The number of hydrogen-bond donors (Lipinski definition) is 1. The van der Waals surface area contributed by atoms with Gasteiger partial charge in [0.05, 0.1) is 4.90 Å². The molecule has 0 aliphatic heterocycles. The largest absolute Gasteiger partial charge is 0.227 e. The molecule has 113 valence electrons. The molecule has 3 aromatic rings. The predicted molar refractivity (Wildman–Crippen MR) is 94.7 cm³/mol. The van der Waals surface area contributed by atoms with Crippen LogP contribution in [0.4, 0.5) is 0 Å². The van der Waals surface area contributed by atoms with Gasteiger partial charge in [-0.1, -0.05) is 72.8 Å². The summed E-state index contributed by atoms with van der Waals surface area (Å²) in [7, 11) is -2.59. The molecular weight excluding hydrogens is 304 g/mol. The molecule has 0 aliphatic carbocycles. The van der Waals surface area contributed by atoms with Crippen molar-refractivity contribution in [3.8, 4) is 11.1 Å². The summed E-state index contributed by atoms with van der Waals surface area (Å²) in [5.74, 6) is 0. The lowest BCUT2D eigenvalue weighted by atomic mass is 10.0. The van der Waals surface area contributed by atoms with E-state index in [1.807, 2.05) is 66.7 Å². The number of rotatable bonds is 4. The van der Waals surface area contributed by atoms with Crippen molar-refractivity contribution in [1.29, 1.82) is 0 Å². The Morgan fingerprint density at radius 3 is 2.26 bits per heavy atom. The number of benzene rings is 3. The van der Waals surface area contributed by atoms with E-state index in [0.717, 1.165) is 16.7 Å². The molecule has 0 spiro atoms. The molecule has 3 aromatic carbocycles. The quantitative estimate of drug-likeness (QED) is 0.575. The maximum atomic E-state index is 11.2. The molecule has 0 atom stereocenters. The van der Waals surface area contributed by atoms with E-state index in [-0.39, 0.29) is 0 Å². The topological polar surface area (TPSA) is 34.1 Å². The Balaban J connectivity index is 1.84. The van der Waals surface area contributed by atoms with Crippen LogP contribution in [0.2, 0.25) is 0 Å². The van der Waals surface area contributed by atoms with Gasteiger partial charge in [-0.05, 0) is 40.5 Å². The highest BCUT2D eigenvalue weighted by Gasteiger charge is 2.00. The molecule has 2 nitrogen and oxygen atoms in total. The normalized spacial score (nSPS) is 11.2. The van der Waals surface area contributed by atoms with Gasteiger partial charge in [0, 0.05) is 0 Å². The first-order chi connectivity index (χ1) is 11.2. The van der Waals surface area contributed by atoms with Gasteiger partial charge in [0.2, 0.25) is 0 Å². The van der Waals surface area contributed by atoms with Gasteiger partial charge in [0.25, 0.3) is 0 Å². The van der Waals surface area contributed by atoms with Crippen molar-refractivity contribution in [2.75, 3.05) is 0 Å². The van der Waals surface area contributed by atoms with Crippen LogP contribution in [-0.2, 0) is 10.7 Å². The minimum Gasteiger partial charge on any atom is -0.227 e. The van der Waals surface area contributed by atoms with E-state index in [0.29, 0.717) is 10.5 Å². The molecule has 0 bridgehead atoms. The van der Waals surface area contributed by atoms with E-state index in [2.05, 4.69) is 6.07 Å². The van der Waals surface area contributed by atoms with Crippen LogP contribution in [-0.4, -0.2) is 8.42 Å². The fourth-order valence-corrected chi connectivity index (χ4v) is 2.91. The Bertz CT molecular complexity index is 884. The minimum absolute atomic E-state index is 0.343. The molecule has 0 aromatic heterocycles. The van der Waals surface area contributed by atoms with Crippen molar-refractivity contribution < 1.29 is 8.42 Å². The molecule has 23 heavy (non-hydrogen) atoms. The molecule has 0 heterocycles.